The molecule has 128 valence electrons. The number of rotatable bonds is 6. The molecule has 0 aliphatic carbocycles. The quantitative estimate of drug-likeness (QED) is 0.611. The van der Waals surface area contributed by atoms with Crippen molar-refractivity contribution in [2.75, 3.05) is 26.7 Å². The number of fused-ring (bicyclic) bond motifs is 1. The van der Waals surface area contributed by atoms with Gasteiger partial charge in [0.1, 0.15) is 5.75 Å². The number of hydrogen-bond acceptors (Lipinski definition) is 3. The molecule has 0 unspecified atom stereocenters. The van der Waals surface area contributed by atoms with Gasteiger partial charge in [0.15, 0.2) is 5.96 Å². The first-order valence-electron chi connectivity index (χ1n) is 8.18. The third kappa shape index (κ3) is 4.65. The van der Waals surface area contributed by atoms with Crippen molar-refractivity contribution in [1.82, 2.24) is 10.6 Å². The molecule has 4 nitrogen and oxygen atoms in total. The smallest absolute Gasteiger partial charge is 0.190 e. The summed E-state index contributed by atoms with van der Waals surface area (Å²) >= 11 is 7.57. The fraction of sp³-hybridized carbons (Fsp3) is 0.389. The first-order valence-corrected chi connectivity index (χ1v) is 9.37. The standard InChI is InChI=1S/C18H22ClN3OS/c1-20-18(22-10-7-15-3-5-17(19)24-15)21-9-6-13-2-4-16-14(12-13)8-11-23-16/h2-5,12H,6-11H2,1H3,(H2,20,21,22). The molecule has 6 heteroatoms. The van der Waals surface area contributed by atoms with Gasteiger partial charge in [-0.25, -0.2) is 0 Å². The van der Waals surface area contributed by atoms with Crippen LogP contribution in [0, 0.1) is 0 Å². The molecule has 3 rings (SSSR count). The Balaban J connectivity index is 1.39. The number of hydrogen-bond donors (Lipinski definition) is 2. The molecule has 0 spiro atoms. The van der Waals surface area contributed by atoms with Crippen LogP contribution in [0.5, 0.6) is 5.75 Å². The molecule has 0 saturated carbocycles. The Hall–Kier alpha value is -1.72. The Morgan fingerprint density at radius 3 is 2.79 bits per heavy atom. The van der Waals surface area contributed by atoms with E-state index in [2.05, 4.69) is 39.9 Å². The normalized spacial score (nSPS) is 13.5. The molecule has 0 radical (unpaired) electrons. The number of halogens is 1. The monoisotopic (exact) mass is 363 g/mol. The molecule has 0 atom stereocenters. The maximum Gasteiger partial charge on any atom is 0.190 e. The lowest BCUT2D eigenvalue weighted by Crippen LogP contribution is -2.39. The Morgan fingerprint density at radius 2 is 2.04 bits per heavy atom. The van der Waals surface area contributed by atoms with Crippen LogP contribution in [0.3, 0.4) is 0 Å². The predicted molar refractivity (Wildman–Crippen MR) is 102 cm³/mol. The highest BCUT2D eigenvalue weighted by Crippen LogP contribution is 2.25. The van der Waals surface area contributed by atoms with E-state index in [1.165, 1.54) is 16.0 Å². The minimum absolute atomic E-state index is 0.809. The minimum atomic E-state index is 0.809. The van der Waals surface area contributed by atoms with Gasteiger partial charge in [0.25, 0.3) is 0 Å². The van der Waals surface area contributed by atoms with Crippen molar-refractivity contribution in [1.29, 1.82) is 0 Å². The zero-order valence-electron chi connectivity index (χ0n) is 13.8. The van der Waals surface area contributed by atoms with Crippen LogP contribution in [0.15, 0.2) is 35.3 Å². The van der Waals surface area contributed by atoms with E-state index in [4.69, 9.17) is 16.3 Å². The number of thiophene rings is 1. The molecule has 0 fully saturated rings. The fourth-order valence-electron chi connectivity index (χ4n) is 2.73. The van der Waals surface area contributed by atoms with Crippen LogP contribution in [-0.2, 0) is 19.3 Å². The zero-order chi connectivity index (χ0) is 16.8. The van der Waals surface area contributed by atoms with Crippen molar-refractivity contribution in [2.45, 2.75) is 19.3 Å². The highest BCUT2D eigenvalue weighted by Gasteiger charge is 2.11. The van der Waals surface area contributed by atoms with Gasteiger partial charge < -0.3 is 15.4 Å². The average Bonchev–Trinajstić information content (AvgIpc) is 3.21. The third-order valence-corrected chi connectivity index (χ3v) is 5.27. The Morgan fingerprint density at radius 1 is 1.21 bits per heavy atom. The van der Waals surface area contributed by atoms with Crippen LogP contribution in [-0.4, -0.2) is 32.7 Å². The van der Waals surface area contributed by atoms with Crippen LogP contribution >= 0.6 is 22.9 Å². The molecular weight excluding hydrogens is 342 g/mol. The van der Waals surface area contributed by atoms with Gasteiger partial charge in [-0.1, -0.05) is 23.7 Å². The van der Waals surface area contributed by atoms with E-state index in [1.54, 1.807) is 18.4 Å². The maximum absolute atomic E-state index is 5.95. The van der Waals surface area contributed by atoms with E-state index >= 15 is 0 Å². The van der Waals surface area contributed by atoms with Crippen LogP contribution in [0.4, 0.5) is 0 Å². The highest BCUT2D eigenvalue weighted by atomic mass is 35.5. The Labute approximate surface area is 151 Å². The second-order valence-corrected chi connectivity index (χ2v) is 7.47. The van der Waals surface area contributed by atoms with Crippen LogP contribution in [0.1, 0.15) is 16.0 Å². The van der Waals surface area contributed by atoms with Gasteiger partial charge >= 0.3 is 0 Å². The molecule has 2 heterocycles. The second kappa shape index (κ2) is 8.40. The van der Waals surface area contributed by atoms with Crippen molar-refractivity contribution in [3.8, 4) is 5.75 Å². The molecule has 2 aromatic rings. The second-order valence-electron chi connectivity index (χ2n) is 5.67. The van der Waals surface area contributed by atoms with E-state index in [-0.39, 0.29) is 0 Å². The number of guanidine groups is 1. The topological polar surface area (TPSA) is 45.7 Å². The molecule has 1 aromatic heterocycles. The zero-order valence-corrected chi connectivity index (χ0v) is 15.3. The molecule has 0 bridgehead atoms. The van der Waals surface area contributed by atoms with E-state index in [1.807, 2.05) is 6.07 Å². The molecule has 0 amide bonds. The van der Waals surface area contributed by atoms with E-state index in [0.29, 0.717) is 0 Å². The average molecular weight is 364 g/mol. The lowest BCUT2D eigenvalue weighted by atomic mass is 10.1. The van der Waals surface area contributed by atoms with Gasteiger partial charge in [-0.05, 0) is 42.2 Å². The first-order chi connectivity index (χ1) is 11.7. The Kier molecular flexibility index (Phi) is 5.99. The van der Waals surface area contributed by atoms with Crippen molar-refractivity contribution >= 4 is 28.9 Å². The fourth-order valence-corrected chi connectivity index (χ4v) is 3.82. The molecular formula is C18H22ClN3OS. The summed E-state index contributed by atoms with van der Waals surface area (Å²) in [5.41, 5.74) is 2.65. The van der Waals surface area contributed by atoms with Gasteiger partial charge in [0.05, 0.1) is 10.9 Å². The number of nitrogens with zero attached hydrogens (tertiary/aromatic N) is 1. The summed E-state index contributed by atoms with van der Waals surface area (Å²) in [7, 11) is 1.80. The van der Waals surface area contributed by atoms with Crippen molar-refractivity contribution in [3.63, 3.8) is 0 Å². The minimum Gasteiger partial charge on any atom is -0.493 e. The lowest BCUT2D eigenvalue weighted by molar-refractivity contribution is 0.357. The SMILES string of the molecule is CN=C(NCCc1ccc2c(c1)CCO2)NCCc1ccc(Cl)s1. The molecule has 1 aliphatic rings. The summed E-state index contributed by atoms with van der Waals surface area (Å²) < 4.78 is 6.38. The van der Waals surface area contributed by atoms with E-state index in [9.17, 15) is 0 Å². The van der Waals surface area contributed by atoms with Gasteiger partial charge in [0.2, 0.25) is 0 Å². The van der Waals surface area contributed by atoms with E-state index < -0.39 is 0 Å². The van der Waals surface area contributed by atoms with Gasteiger partial charge in [-0.2, -0.15) is 0 Å². The molecule has 1 aliphatic heterocycles. The largest absolute Gasteiger partial charge is 0.493 e. The number of ether oxygens (including phenoxy) is 1. The predicted octanol–water partition coefficient (Wildman–Crippen LogP) is 3.29. The number of nitrogens with one attached hydrogen (secondary N) is 2. The first kappa shape index (κ1) is 17.1. The lowest BCUT2D eigenvalue weighted by Gasteiger charge is -2.12. The van der Waals surface area contributed by atoms with Crippen LogP contribution < -0.4 is 15.4 Å². The summed E-state index contributed by atoms with van der Waals surface area (Å²) in [5.74, 6) is 1.88. The highest BCUT2D eigenvalue weighted by molar-refractivity contribution is 7.16. The number of benzene rings is 1. The van der Waals surface area contributed by atoms with Crippen LogP contribution in [0.25, 0.3) is 0 Å². The summed E-state index contributed by atoms with van der Waals surface area (Å²) in [5, 5.41) is 6.70. The third-order valence-electron chi connectivity index (χ3n) is 3.98. The van der Waals surface area contributed by atoms with Crippen LogP contribution in [0.2, 0.25) is 4.34 Å². The van der Waals surface area contributed by atoms with Gasteiger partial charge in [-0.15, -0.1) is 11.3 Å². The summed E-state index contributed by atoms with van der Waals surface area (Å²) in [6, 6.07) is 10.5. The maximum atomic E-state index is 5.95. The van der Waals surface area contributed by atoms with Gasteiger partial charge in [0, 0.05) is 31.4 Å². The number of aliphatic imine (C=N–C) groups is 1. The van der Waals surface area contributed by atoms with Crippen molar-refractivity contribution in [2.24, 2.45) is 4.99 Å². The Bertz CT molecular complexity index is 714. The molecule has 24 heavy (non-hydrogen) atoms. The molecule has 0 saturated heterocycles. The summed E-state index contributed by atoms with van der Waals surface area (Å²) in [6.45, 7) is 2.50. The summed E-state index contributed by atoms with van der Waals surface area (Å²) in [4.78, 5) is 5.55. The van der Waals surface area contributed by atoms with Gasteiger partial charge in [-0.3, -0.25) is 4.99 Å². The van der Waals surface area contributed by atoms with E-state index in [0.717, 1.165) is 55.0 Å². The van der Waals surface area contributed by atoms with Crippen molar-refractivity contribution < 1.29 is 4.74 Å². The molecule has 1 aromatic carbocycles. The molecule has 2 N–H and O–H groups in total. The van der Waals surface area contributed by atoms with Crippen molar-refractivity contribution in [3.05, 3.63) is 50.7 Å². The summed E-state index contributed by atoms with van der Waals surface area (Å²) in [6.07, 6.45) is 2.93.